The van der Waals surface area contributed by atoms with E-state index in [4.69, 9.17) is 4.74 Å². The van der Waals surface area contributed by atoms with Crippen molar-refractivity contribution in [1.82, 2.24) is 30.1 Å². The maximum atomic E-state index is 13.3. The largest absolute Gasteiger partial charge is 0.497 e. The monoisotopic (exact) mass is 434 g/mol. The van der Waals surface area contributed by atoms with Crippen LogP contribution in [0.2, 0.25) is 0 Å². The van der Waals surface area contributed by atoms with Crippen LogP contribution in [0.3, 0.4) is 0 Å². The van der Waals surface area contributed by atoms with Gasteiger partial charge in [-0.1, -0.05) is 12.1 Å². The number of tetrazole rings is 1. The molecule has 2 aromatic heterocycles. The van der Waals surface area contributed by atoms with E-state index in [1.807, 2.05) is 24.3 Å². The molecule has 2 aromatic carbocycles. The Balaban J connectivity index is 1.59. The molecule has 5 rings (SSSR count). The van der Waals surface area contributed by atoms with E-state index >= 15 is 0 Å². The summed E-state index contributed by atoms with van der Waals surface area (Å²) >= 11 is 0. The van der Waals surface area contributed by atoms with E-state index < -0.39 is 0 Å². The number of halogens is 1. The molecule has 9 heteroatoms. The fraction of sp³-hybridized carbons (Fsp3) is 0.304. The first-order valence-electron chi connectivity index (χ1n) is 10.6. The van der Waals surface area contributed by atoms with E-state index in [0.717, 1.165) is 36.9 Å². The lowest BCUT2D eigenvalue weighted by atomic mass is 10.0. The van der Waals surface area contributed by atoms with Crippen LogP contribution < -0.4 is 10.3 Å². The second kappa shape index (κ2) is 8.51. The van der Waals surface area contributed by atoms with Crippen molar-refractivity contribution in [2.75, 3.05) is 20.2 Å². The van der Waals surface area contributed by atoms with Crippen molar-refractivity contribution in [3.63, 3.8) is 0 Å². The van der Waals surface area contributed by atoms with Crippen molar-refractivity contribution in [2.24, 2.45) is 0 Å². The fourth-order valence-electron chi connectivity index (χ4n) is 4.31. The van der Waals surface area contributed by atoms with Crippen molar-refractivity contribution in [2.45, 2.75) is 25.4 Å². The number of aromatic amines is 1. The summed E-state index contributed by atoms with van der Waals surface area (Å²) in [6, 6.07) is 13.4. The van der Waals surface area contributed by atoms with Crippen LogP contribution in [0.4, 0.5) is 4.39 Å². The van der Waals surface area contributed by atoms with Crippen molar-refractivity contribution >= 4 is 10.9 Å². The molecule has 1 N–H and O–H groups in total. The summed E-state index contributed by atoms with van der Waals surface area (Å²) in [5.74, 6) is 0.981. The molecule has 1 atom stereocenters. The first kappa shape index (κ1) is 20.3. The number of aromatic nitrogens is 5. The third kappa shape index (κ3) is 3.87. The van der Waals surface area contributed by atoms with Crippen LogP contribution in [-0.4, -0.2) is 50.3 Å². The highest BCUT2D eigenvalue weighted by Crippen LogP contribution is 2.30. The number of methoxy groups -OCH3 is 1. The summed E-state index contributed by atoms with van der Waals surface area (Å²) in [4.78, 5) is 18.4. The van der Waals surface area contributed by atoms with Crippen molar-refractivity contribution in [3.05, 3.63) is 81.7 Å². The quantitative estimate of drug-likeness (QED) is 0.502. The normalized spacial score (nSPS) is 15.3. The Kier molecular flexibility index (Phi) is 5.40. The molecular weight excluding hydrogens is 411 g/mol. The van der Waals surface area contributed by atoms with Gasteiger partial charge in [-0.25, -0.2) is 9.07 Å². The smallest absolute Gasteiger partial charge is 0.253 e. The molecule has 0 amide bonds. The first-order chi connectivity index (χ1) is 15.6. The fourth-order valence-corrected chi connectivity index (χ4v) is 4.31. The van der Waals surface area contributed by atoms with Gasteiger partial charge in [0.15, 0.2) is 5.82 Å². The van der Waals surface area contributed by atoms with E-state index in [2.05, 4.69) is 25.4 Å². The van der Waals surface area contributed by atoms with Crippen LogP contribution in [0.1, 0.15) is 35.8 Å². The Hall–Kier alpha value is -3.59. The molecule has 32 heavy (non-hydrogen) atoms. The van der Waals surface area contributed by atoms with E-state index in [9.17, 15) is 9.18 Å². The summed E-state index contributed by atoms with van der Waals surface area (Å²) in [6.07, 6.45) is 2.11. The van der Waals surface area contributed by atoms with Gasteiger partial charge in [0, 0.05) is 11.6 Å². The van der Waals surface area contributed by atoms with Crippen LogP contribution in [0.25, 0.3) is 10.9 Å². The van der Waals surface area contributed by atoms with E-state index in [-0.39, 0.29) is 17.4 Å². The molecule has 0 bridgehead atoms. The van der Waals surface area contributed by atoms with Crippen molar-refractivity contribution in [3.8, 4) is 5.75 Å². The highest BCUT2D eigenvalue weighted by atomic mass is 19.1. The summed E-state index contributed by atoms with van der Waals surface area (Å²) in [7, 11) is 1.60. The molecule has 0 saturated carbocycles. The van der Waals surface area contributed by atoms with Crippen LogP contribution in [0.15, 0.2) is 53.3 Å². The van der Waals surface area contributed by atoms with Gasteiger partial charge < -0.3 is 9.72 Å². The minimum Gasteiger partial charge on any atom is -0.497 e. The molecular formula is C23H23FN6O2. The van der Waals surface area contributed by atoms with E-state index in [0.29, 0.717) is 29.2 Å². The number of pyridine rings is 1. The zero-order chi connectivity index (χ0) is 22.1. The number of hydrogen-bond donors (Lipinski definition) is 1. The number of H-pyrrole nitrogens is 1. The number of nitrogens with one attached hydrogen (secondary N) is 1. The minimum atomic E-state index is -0.386. The standard InChI is InChI=1S/C23H23FN6O2/c1-32-18-9-6-16-12-19(23(31)25-20(16)13-18)21(29-10-2-3-11-29)22-26-27-28-30(22)14-15-4-7-17(24)8-5-15/h4-9,12-13,21H,2-3,10-11,14H2,1H3,(H,25,31)/t21-/m0/s1. The highest BCUT2D eigenvalue weighted by Gasteiger charge is 2.32. The summed E-state index contributed by atoms with van der Waals surface area (Å²) in [6.45, 7) is 2.10. The molecule has 3 heterocycles. The number of ether oxygens (including phenoxy) is 1. The van der Waals surface area contributed by atoms with Gasteiger partial charge in [-0.05, 0) is 77.6 Å². The Labute approximate surface area is 183 Å². The lowest BCUT2D eigenvalue weighted by molar-refractivity contribution is 0.263. The van der Waals surface area contributed by atoms with Crippen LogP contribution >= 0.6 is 0 Å². The summed E-state index contributed by atoms with van der Waals surface area (Å²) < 4.78 is 20.3. The lowest BCUT2D eigenvalue weighted by Crippen LogP contribution is -2.33. The molecule has 4 aromatic rings. The molecule has 0 unspecified atom stereocenters. The predicted molar refractivity (Wildman–Crippen MR) is 117 cm³/mol. The SMILES string of the molecule is COc1ccc2cc([C@@H](c3nnnn3Cc3ccc(F)cc3)N3CCCC3)c(=O)[nH]c2c1. The zero-order valence-electron chi connectivity index (χ0n) is 17.7. The number of fused-ring (bicyclic) bond motifs is 1. The first-order valence-corrected chi connectivity index (χ1v) is 10.6. The van der Waals surface area contributed by atoms with E-state index in [1.54, 1.807) is 23.9 Å². The van der Waals surface area contributed by atoms with Gasteiger partial charge in [0.05, 0.1) is 19.2 Å². The molecule has 164 valence electrons. The van der Waals surface area contributed by atoms with E-state index in [1.165, 1.54) is 12.1 Å². The number of rotatable bonds is 6. The van der Waals surface area contributed by atoms with Gasteiger partial charge in [-0.15, -0.1) is 5.10 Å². The van der Waals surface area contributed by atoms with Gasteiger partial charge in [0.2, 0.25) is 0 Å². The van der Waals surface area contributed by atoms with Crippen LogP contribution in [0, 0.1) is 5.82 Å². The van der Waals surface area contributed by atoms with Gasteiger partial charge in [0.1, 0.15) is 17.6 Å². The Bertz CT molecular complexity index is 1290. The Morgan fingerprint density at radius 3 is 2.66 bits per heavy atom. The van der Waals surface area contributed by atoms with Gasteiger partial charge in [0.25, 0.3) is 5.56 Å². The summed E-state index contributed by atoms with van der Waals surface area (Å²) in [5, 5.41) is 13.3. The Morgan fingerprint density at radius 1 is 1.12 bits per heavy atom. The third-order valence-corrected chi connectivity index (χ3v) is 5.93. The summed E-state index contributed by atoms with van der Waals surface area (Å²) in [5.41, 5.74) is 2.00. The van der Waals surface area contributed by atoms with Crippen molar-refractivity contribution < 1.29 is 9.13 Å². The molecule has 1 aliphatic rings. The van der Waals surface area contributed by atoms with Gasteiger partial charge >= 0.3 is 0 Å². The molecule has 1 aliphatic heterocycles. The number of nitrogens with zero attached hydrogens (tertiary/aromatic N) is 5. The molecule has 0 spiro atoms. The topological polar surface area (TPSA) is 88.9 Å². The van der Waals surface area contributed by atoms with Crippen LogP contribution in [-0.2, 0) is 6.54 Å². The second-order valence-corrected chi connectivity index (χ2v) is 7.97. The van der Waals surface area contributed by atoms with Crippen molar-refractivity contribution in [1.29, 1.82) is 0 Å². The van der Waals surface area contributed by atoms with Crippen LogP contribution in [0.5, 0.6) is 5.75 Å². The maximum absolute atomic E-state index is 13.3. The predicted octanol–water partition coefficient (Wildman–Crippen LogP) is 2.90. The maximum Gasteiger partial charge on any atom is 0.253 e. The average Bonchev–Trinajstić information content (AvgIpc) is 3.49. The highest BCUT2D eigenvalue weighted by molar-refractivity contribution is 5.80. The molecule has 1 fully saturated rings. The molecule has 8 nitrogen and oxygen atoms in total. The Morgan fingerprint density at radius 2 is 1.91 bits per heavy atom. The average molecular weight is 434 g/mol. The number of likely N-dealkylation sites (tertiary alicyclic amines) is 1. The number of hydrogen-bond acceptors (Lipinski definition) is 6. The minimum absolute atomic E-state index is 0.181. The third-order valence-electron chi connectivity index (χ3n) is 5.93. The van der Waals surface area contributed by atoms with Gasteiger partial charge in [-0.2, -0.15) is 0 Å². The molecule has 1 saturated heterocycles. The van der Waals surface area contributed by atoms with Gasteiger partial charge in [-0.3, -0.25) is 9.69 Å². The molecule has 0 aliphatic carbocycles. The zero-order valence-corrected chi connectivity index (χ0v) is 17.7. The second-order valence-electron chi connectivity index (χ2n) is 7.97. The lowest BCUT2D eigenvalue weighted by Gasteiger charge is -2.26. The number of benzene rings is 2. The molecule has 0 radical (unpaired) electrons.